The average Bonchev–Trinajstić information content (AvgIpc) is 3.46. The van der Waals surface area contributed by atoms with Gasteiger partial charge in [0.2, 0.25) is 5.91 Å². The van der Waals surface area contributed by atoms with E-state index in [-0.39, 0.29) is 5.92 Å². The molecule has 0 saturated carbocycles. The van der Waals surface area contributed by atoms with Gasteiger partial charge >= 0.3 is 0 Å². The number of imidazole rings is 1. The maximum atomic E-state index is 12.8. The van der Waals surface area contributed by atoms with Crippen LogP contribution in [0.1, 0.15) is 25.7 Å². The lowest BCUT2D eigenvalue weighted by molar-refractivity contribution is -0.134. The largest absolute Gasteiger partial charge is 0.356 e. The van der Waals surface area contributed by atoms with Crippen LogP contribution >= 0.6 is 11.6 Å². The van der Waals surface area contributed by atoms with Crippen molar-refractivity contribution in [1.29, 1.82) is 0 Å². The summed E-state index contributed by atoms with van der Waals surface area (Å²) in [5, 5.41) is 4.91. The Morgan fingerprint density at radius 3 is 2.76 bits per heavy atom. The maximum absolute atomic E-state index is 12.8. The lowest BCUT2D eigenvalue weighted by atomic mass is 9.96. The Bertz CT molecular complexity index is 1050. The molecule has 29 heavy (non-hydrogen) atoms. The molecule has 2 fully saturated rings. The second kappa shape index (κ2) is 7.33. The number of carbonyl (C=O) groups excluding carboxylic acids is 1. The number of nitrogens with one attached hydrogen (secondary N) is 1. The monoisotopic (exact) mass is 413 g/mol. The van der Waals surface area contributed by atoms with Crippen molar-refractivity contribution < 1.29 is 4.79 Å². The van der Waals surface area contributed by atoms with E-state index in [4.69, 9.17) is 16.6 Å². The fraction of sp³-hybridized carbons (Fsp3) is 0.500. The number of carbonyl (C=O) groups is 1. The van der Waals surface area contributed by atoms with E-state index < -0.39 is 0 Å². The third-order valence-electron chi connectivity index (χ3n) is 5.85. The highest BCUT2D eigenvalue weighted by Crippen LogP contribution is 2.28. The highest BCUT2D eigenvalue weighted by Gasteiger charge is 2.31. The first-order chi connectivity index (χ1) is 14.1. The number of aromatic amines is 1. The van der Waals surface area contributed by atoms with Gasteiger partial charge in [-0.05, 0) is 37.8 Å². The molecule has 9 heteroatoms. The molecule has 8 nitrogen and oxygen atoms in total. The summed E-state index contributed by atoms with van der Waals surface area (Å²) in [6.07, 6.45) is 5.96. The van der Waals surface area contributed by atoms with Gasteiger partial charge in [0.25, 0.3) is 0 Å². The van der Waals surface area contributed by atoms with Gasteiger partial charge in [-0.3, -0.25) is 9.48 Å². The minimum absolute atomic E-state index is 0.0569. The van der Waals surface area contributed by atoms with Gasteiger partial charge < -0.3 is 14.8 Å². The van der Waals surface area contributed by atoms with Crippen molar-refractivity contribution in [2.45, 2.75) is 25.7 Å². The molecule has 1 atom stereocenters. The highest BCUT2D eigenvalue weighted by molar-refractivity contribution is 6.32. The molecule has 0 aromatic carbocycles. The Balaban J connectivity index is 1.38. The van der Waals surface area contributed by atoms with Gasteiger partial charge in [-0.25, -0.2) is 9.97 Å². The van der Waals surface area contributed by atoms with Crippen LogP contribution in [0.2, 0.25) is 5.02 Å². The van der Waals surface area contributed by atoms with Crippen LogP contribution < -0.4 is 4.90 Å². The summed E-state index contributed by atoms with van der Waals surface area (Å²) in [6.45, 7) is 3.44. The topological polar surface area (TPSA) is 82.9 Å². The first-order valence-electron chi connectivity index (χ1n) is 10.2. The fourth-order valence-corrected chi connectivity index (χ4v) is 4.64. The number of H-pyrrole nitrogens is 1. The van der Waals surface area contributed by atoms with Gasteiger partial charge in [-0.2, -0.15) is 5.10 Å². The van der Waals surface area contributed by atoms with Crippen molar-refractivity contribution in [3.8, 4) is 11.5 Å². The molecule has 0 bridgehead atoms. The molecule has 2 aliphatic heterocycles. The van der Waals surface area contributed by atoms with E-state index >= 15 is 0 Å². The third-order valence-corrected chi connectivity index (χ3v) is 6.13. The van der Waals surface area contributed by atoms with Crippen molar-refractivity contribution in [3.63, 3.8) is 0 Å². The van der Waals surface area contributed by atoms with E-state index in [9.17, 15) is 4.79 Å². The summed E-state index contributed by atoms with van der Waals surface area (Å²) in [6, 6.07) is 3.98. The van der Waals surface area contributed by atoms with Gasteiger partial charge in [0.1, 0.15) is 11.5 Å². The van der Waals surface area contributed by atoms with E-state index in [1.807, 2.05) is 24.1 Å². The molecular formula is C20H24ClN7O. The first-order valence-corrected chi connectivity index (χ1v) is 10.6. The molecular weight excluding hydrogens is 390 g/mol. The third kappa shape index (κ3) is 3.46. The SMILES string of the molecule is Cn1cc(Cl)c(-c2nc3nc(N4CCCC(C(=O)N5CCCC5)C4)ccc3[nH]2)n1. The molecule has 1 amide bonds. The number of amides is 1. The lowest BCUT2D eigenvalue weighted by Crippen LogP contribution is -2.44. The summed E-state index contributed by atoms with van der Waals surface area (Å²) in [5.74, 6) is 1.83. The molecule has 0 radical (unpaired) electrons. The normalized spacial score (nSPS) is 20.0. The zero-order chi connectivity index (χ0) is 20.0. The highest BCUT2D eigenvalue weighted by atomic mass is 35.5. The van der Waals surface area contributed by atoms with Crippen molar-refractivity contribution in [2.75, 3.05) is 31.1 Å². The molecule has 2 saturated heterocycles. The van der Waals surface area contributed by atoms with E-state index in [0.29, 0.717) is 28.1 Å². The maximum Gasteiger partial charge on any atom is 0.227 e. The molecule has 3 aromatic heterocycles. The van der Waals surface area contributed by atoms with E-state index in [1.165, 1.54) is 0 Å². The number of pyridine rings is 1. The van der Waals surface area contributed by atoms with Crippen LogP contribution in [0.15, 0.2) is 18.3 Å². The number of anilines is 1. The molecule has 1 N–H and O–H groups in total. The van der Waals surface area contributed by atoms with Crippen LogP contribution in [0, 0.1) is 5.92 Å². The van der Waals surface area contributed by atoms with E-state index in [2.05, 4.69) is 20.0 Å². The number of halogens is 1. The number of hydrogen-bond acceptors (Lipinski definition) is 5. The molecule has 3 aromatic rings. The number of aromatic nitrogens is 5. The summed E-state index contributed by atoms with van der Waals surface area (Å²) in [7, 11) is 1.82. The second-order valence-electron chi connectivity index (χ2n) is 7.94. The van der Waals surface area contributed by atoms with Crippen LogP contribution in [0.5, 0.6) is 0 Å². The van der Waals surface area contributed by atoms with Crippen molar-refractivity contribution in [3.05, 3.63) is 23.4 Å². The Kier molecular flexibility index (Phi) is 4.66. The van der Waals surface area contributed by atoms with Gasteiger partial charge in [0.15, 0.2) is 11.5 Å². The number of hydrogen-bond donors (Lipinski definition) is 1. The fourth-order valence-electron chi connectivity index (χ4n) is 4.37. The van der Waals surface area contributed by atoms with Gasteiger partial charge in [0, 0.05) is 39.4 Å². The number of aryl methyl sites for hydroxylation is 1. The molecule has 0 spiro atoms. The quantitative estimate of drug-likeness (QED) is 0.713. The summed E-state index contributed by atoms with van der Waals surface area (Å²) >= 11 is 6.25. The Morgan fingerprint density at radius 1 is 1.17 bits per heavy atom. The number of rotatable bonds is 3. The average molecular weight is 414 g/mol. The zero-order valence-corrected chi connectivity index (χ0v) is 17.2. The number of likely N-dealkylation sites (tertiary alicyclic amines) is 1. The minimum atomic E-state index is 0.0569. The van der Waals surface area contributed by atoms with E-state index in [1.54, 1.807) is 10.9 Å². The predicted octanol–water partition coefficient (Wildman–Crippen LogP) is 2.85. The lowest BCUT2D eigenvalue weighted by Gasteiger charge is -2.34. The van der Waals surface area contributed by atoms with Crippen LogP contribution in [-0.4, -0.2) is 61.7 Å². The Labute approximate surface area is 173 Å². The molecule has 5 heterocycles. The van der Waals surface area contributed by atoms with Crippen LogP contribution in [-0.2, 0) is 11.8 Å². The van der Waals surface area contributed by atoms with Crippen molar-refractivity contribution in [1.82, 2.24) is 29.6 Å². The first kappa shape index (κ1) is 18.4. The molecule has 0 aliphatic carbocycles. The summed E-state index contributed by atoms with van der Waals surface area (Å²) in [5.41, 5.74) is 2.09. The molecule has 1 unspecified atom stereocenters. The van der Waals surface area contributed by atoms with Crippen LogP contribution in [0.4, 0.5) is 5.82 Å². The molecule has 5 rings (SSSR count). The van der Waals surface area contributed by atoms with Crippen LogP contribution in [0.25, 0.3) is 22.7 Å². The van der Waals surface area contributed by atoms with Gasteiger partial charge in [-0.1, -0.05) is 11.6 Å². The smallest absolute Gasteiger partial charge is 0.227 e. The van der Waals surface area contributed by atoms with Crippen molar-refractivity contribution >= 4 is 34.5 Å². The van der Waals surface area contributed by atoms with E-state index in [0.717, 1.165) is 63.2 Å². The molecule has 2 aliphatic rings. The number of nitrogens with zero attached hydrogens (tertiary/aromatic N) is 6. The standard InChI is InChI=1S/C20H24ClN7O/c1-26-12-14(21)17(25-26)19-22-15-6-7-16(23-18(15)24-19)28-10-4-5-13(11-28)20(29)27-8-2-3-9-27/h6-7,12-13H,2-5,8-11H2,1H3,(H,22,23,24). The van der Waals surface area contributed by atoms with Gasteiger partial charge in [0.05, 0.1) is 16.5 Å². The molecule has 152 valence electrons. The van der Waals surface area contributed by atoms with Gasteiger partial charge in [-0.15, -0.1) is 0 Å². The Morgan fingerprint density at radius 2 is 2.00 bits per heavy atom. The van der Waals surface area contributed by atoms with Crippen molar-refractivity contribution in [2.24, 2.45) is 13.0 Å². The number of piperidine rings is 1. The number of fused-ring (bicyclic) bond motifs is 1. The minimum Gasteiger partial charge on any atom is -0.356 e. The second-order valence-corrected chi connectivity index (χ2v) is 8.35. The summed E-state index contributed by atoms with van der Waals surface area (Å²) < 4.78 is 1.66. The predicted molar refractivity (Wildman–Crippen MR) is 112 cm³/mol. The summed E-state index contributed by atoms with van der Waals surface area (Å²) in [4.78, 5) is 29.7. The zero-order valence-electron chi connectivity index (χ0n) is 16.4. The Hall–Kier alpha value is -2.61. The van der Waals surface area contributed by atoms with Crippen LogP contribution in [0.3, 0.4) is 0 Å².